The summed E-state index contributed by atoms with van der Waals surface area (Å²) < 4.78 is 26.8. The molecule has 1 aromatic heterocycles. The fourth-order valence-electron chi connectivity index (χ4n) is 1.71. The Labute approximate surface area is 112 Å². The summed E-state index contributed by atoms with van der Waals surface area (Å²) in [5, 5.41) is 10.8. The van der Waals surface area contributed by atoms with Crippen molar-refractivity contribution in [2.24, 2.45) is 0 Å². The number of hydrogen-bond acceptors (Lipinski definition) is 3. The van der Waals surface area contributed by atoms with Crippen molar-refractivity contribution in [2.45, 2.75) is 12.8 Å². The number of carbonyl (C=O) groups is 1. The zero-order valence-electron chi connectivity index (χ0n) is 9.98. The summed E-state index contributed by atoms with van der Waals surface area (Å²) in [5.41, 5.74) is -0.0773. The molecule has 0 bridgehead atoms. The number of nitrogens with zero attached hydrogens (tertiary/aromatic N) is 1. The quantitative estimate of drug-likeness (QED) is 0.800. The minimum absolute atomic E-state index is 0.174. The predicted molar refractivity (Wildman–Crippen MR) is 68.1 cm³/mol. The molecular formula is C14H9F2NOS. The van der Waals surface area contributed by atoms with Crippen LogP contribution in [-0.2, 0) is 0 Å². The van der Waals surface area contributed by atoms with Crippen LogP contribution in [-0.4, -0.2) is 5.78 Å². The number of thiophene rings is 1. The molecular weight excluding hydrogens is 268 g/mol. The monoisotopic (exact) mass is 277 g/mol. The topological polar surface area (TPSA) is 40.9 Å². The van der Waals surface area contributed by atoms with Crippen LogP contribution in [0.15, 0.2) is 29.6 Å². The Balaban J connectivity index is 2.45. The van der Waals surface area contributed by atoms with Gasteiger partial charge in [-0.05, 0) is 30.0 Å². The van der Waals surface area contributed by atoms with Crippen LogP contribution in [0.5, 0.6) is 0 Å². The second-order valence-corrected chi connectivity index (χ2v) is 5.00. The lowest BCUT2D eigenvalue weighted by atomic mass is 9.96. The summed E-state index contributed by atoms with van der Waals surface area (Å²) in [7, 11) is 0. The molecule has 0 saturated carbocycles. The highest BCUT2D eigenvalue weighted by atomic mass is 32.1. The largest absolute Gasteiger partial charge is 0.292 e. The Bertz CT molecular complexity index is 659. The number of rotatable bonds is 3. The molecule has 5 heteroatoms. The normalized spacial score (nSPS) is 11.9. The molecule has 2 rings (SSSR count). The first-order valence-electron chi connectivity index (χ1n) is 5.47. The standard InChI is InChI=1S/C14H9F2NOS/c1-8-5-9(12(16)6-11(8)15)14(18)10(7-17)13-3-2-4-19-13/h2-6,10H,1H3. The van der Waals surface area contributed by atoms with E-state index in [9.17, 15) is 13.6 Å². The molecule has 0 aliphatic carbocycles. The Hall–Kier alpha value is -2.06. The second-order valence-electron chi connectivity index (χ2n) is 4.02. The van der Waals surface area contributed by atoms with Crippen molar-refractivity contribution in [1.29, 1.82) is 5.26 Å². The zero-order chi connectivity index (χ0) is 14.0. The van der Waals surface area contributed by atoms with Crippen LogP contribution in [0, 0.1) is 29.9 Å². The van der Waals surface area contributed by atoms with Gasteiger partial charge in [0.05, 0.1) is 11.6 Å². The van der Waals surface area contributed by atoms with Gasteiger partial charge >= 0.3 is 0 Å². The van der Waals surface area contributed by atoms with Gasteiger partial charge in [-0.15, -0.1) is 11.3 Å². The van der Waals surface area contributed by atoms with Crippen molar-refractivity contribution in [2.75, 3.05) is 0 Å². The lowest BCUT2D eigenvalue weighted by Crippen LogP contribution is -2.12. The molecule has 1 aromatic carbocycles. The molecule has 1 atom stereocenters. The molecule has 19 heavy (non-hydrogen) atoms. The van der Waals surface area contributed by atoms with Gasteiger partial charge in [0.1, 0.15) is 17.6 Å². The Kier molecular flexibility index (Phi) is 3.72. The molecule has 0 radical (unpaired) electrons. The fourth-order valence-corrected chi connectivity index (χ4v) is 2.48. The first-order valence-corrected chi connectivity index (χ1v) is 6.35. The van der Waals surface area contributed by atoms with Crippen LogP contribution in [0.4, 0.5) is 8.78 Å². The molecule has 96 valence electrons. The average Bonchev–Trinajstić information content (AvgIpc) is 2.88. The summed E-state index contributed by atoms with van der Waals surface area (Å²) in [6.07, 6.45) is 0. The molecule has 0 spiro atoms. The third kappa shape index (κ3) is 2.54. The van der Waals surface area contributed by atoms with E-state index in [0.717, 1.165) is 6.07 Å². The Morgan fingerprint density at radius 3 is 2.68 bits per heavy atom. The fraction of sp³-hybridized carbons (Fsp3) is 0.143. The molecule has 0 aliphatic heterocycles. The SMILES string of the molecule is Cc1cc(C(=O)C(C#N)c2cccs2)c(F)cc1F. The highest BCUT2D eigenvalue weighted by Gasteiger charge is 2.25. The number of hydrogen-bond donors (Lipinski definition) is 0. The molecule has 1 heterocycles. The number of aryl methyl sites for hydroxylation is 1. The van der Waals surface area contributed by atoms with Gasteiger partial charge in [0.15, 0.2) is 5.78 Å². The molecule has 0 N–H and O–H groups in total. The van der Waals surface area contributed by atoms with E-state index >= 15 is 0 Å². The van der Waals surface area contributed by atoms with Crippen molar-refractivity contribution in [3.8, 4) is 6.07 Å². The Morgan fingerprint density at radius 2 is 2.11 bits per heavy atom. The van der Waals surface area contributed by atoms with E-state index in [2.05, 4.69) is 0 Å². The van der Waals surface area contributed by atoms with E-state index in [1.807, 2.05) is 6.07 Å². The van der Waals surface area contributed by atoms with Gasteiger partial charge in [-0.25, -0.2) is 8.78 Å². The van der Waals surface area contributed by atoms with Crippen LogP contribution in [0.3, 0.4) is 0 Å². The van der Waals surface area contributed by atoms with E-state index < -0.39 is 23.3 Å². The third-order valence-corrected chi connectivity index (χ3v) is 3.67. The average molecular weight is 277 g/mol. The predicted octanol–water partition coefficient (Wildman–Crippen LogP) is 3.82. The summed E-state index contributed by atoms with van der Waals surface area (Å²) >= 11 is 1.25. The minimum Gasteiger partial charge on any atom is -0.292 e. The highest BCUT2D eigenvalue weighted by Crippen LogP contribution is 2.26. The van der Waals surface area contributed by atoms with Crippen LogP contribution in [0.2, 0.25) is 0 Å². The van der Waals surface area contributed by atoms with Gasteiger partial charge in [0.25, 0.3) is 0 Å². The summed E-state index contributed by atoms with van der Waals surface area (Å²) in [4.78, 5) is 12.7. The van der Waals surface area contributed by atoms with Gasteiger partial charge in [-0.1, -0.05) is 6.07 Å². The number of nitriles is 1. The molecule has 0 amide bonds. The number of carbonyl (C=O) groups excluding carboxylic acids is 1. The van der Waals surface area contributed by atoms with E-state index in [1.165, 1.54) is 18.3 Å². The maximum absolute atomic E-state index is 13.7. The zero-order valence-corrected chi connectivity index (χ0v) is 10.8. The van der Waals surface area contributed by atoms with Crippen molar-refractivity contribution in [3.05, 3.63) is 57.3 Å². The molecule has 2 nitrogen and oxygen atoms in total. The van der Waals surface area contributed by atoms with Crippen molar-refractivity contribution >= 4 is 17.1 Å². The van der Waals surface area contributed by atoms with Crippen LogP contribution < -0.4 is 0 Å². The maximum Gasteiger partial charge on any atom is 0.188 e. The molecule has 0 saturated heterocycles. The van der Waals surface area contributed by atoms with Crippen molar-refractivity contribution < 1.29 is 13.6 Å². The molecule has 2 aromatic rings. The smallest absolute Gasteiger partial charge is 0.188 e. The second kappa shape index (κ2) is 5.29. The summed E-state index contributed by atoms with van der Waals surface area (Å²) in [6.45, 7) is 1.44. The summed E-state index contributed by atoms with van der Waals surface area (Å²) in [5.74, 6) is -3.35. The van der Waals surface area contributed by atoms with Gasteiger partial charge in [-0.2, -0.15) is 5.26 Å². The highest BCUT2D eigenvalue weighted by molar-refractivity contribution is 7.10. The molecule has 0 fully saturated rings. The molecule has 0 aliphatic rings. The van der Waals surface area contributed by atoms with Gasteiger partial charge in [0.2, 0.25) is 0 Å². The van der Waals surface area contributed by atoms with E-state index in [4.69, 9.17) is 5.26 Å². The number of benzene rings is 1. The van der Waals surface area contributed by atoms with E-state index in [1.54, 1.807) is 17.5 Å². The van der Waals surface area contributed by atoms with Crippen molar-refractivity contribution in [1.82, 2.24) is 0 Å². The van der Waals surface area contributed by atoms with Crippen LogP contribution in [0.25, 0.3) is 0 Å². The van der Waals surface area contributed by atoms with E-state index in [-0.39, 0.29) is 11.1 Å². The lowest BCUT2D eigenvalue weighted by molar-refractivity contribution is 0.0976. The third-order valence-electron chi connectivity index (χ3n) is 2.73. The van der Waals surface area contributed by atoms with Gasteiger partial charge < -0.3 is 0 Å². The first-order chi connectivity index (χ1) is 9.04. The number of halogens is 2. The van der Waals surface area contributed by atoms with Gasteiger partial charge in [0, 0.05) is 10.9 Å². The van der Waals surface area contributed by atoms with Crippen molar-refractivity contribution in [3.63, 3.8) is 0 Å². The van der Waals surface area contributed by atoms with Gasteiger partial charge in [-0.3, -0.25) is 4.79 Å². The van der Waals surface area contributed by atoms with Crippen LogP contribution >= 0.6 is 11.3 Å². The number of Topliss-reactive ketones (excluding diaryl/α,β-unsaturated/α-hetero) is 1. The first kappa shape index (κ1) is 13.4. The van der Waals surface area contributed by atoms with E-state index in [0.29, 0.717) is 10.9 Å². The minimum atomic E-state index is -1.06. The maximum atomic E-state index is 13.7. The van der Waals surface area contributed by atoms with Crippen LogP contribution in [0.1, 0.15) is 26.7 Å². The molecule has 1 unspecified atom stereocenters. The number of ketones is 1. The lowest BCUT2D eigenvalue weighted by Gasteiger charge is -2.08. The Morgan fingerprint density at radius 1 is 1.37 bits per heavy atom. The summed E-state index contributed by atoms with van der Waals surface area (Å²) in [6, 6.07) is 7.04.